The monoisotopic (exact) mass is 749 g/mol. The van der Waals surface area contributed by atoms with Crippen LogP contribution in [0.15, 0.2) is 0 Å². The Labute approximate surface area is 315 Å². The van der Waals surface area contributed by atoms with Crippen molar-refractivity contribution in [3.05, 3.63) is 0 Å². The van der Waals surface area contributed by atoms with Crippen LogP contribution in [0.3, 0.4) is 0 Å². The highest BCUT2D eigenvalue weighted by Crippen LogP contribution is 2.38. The maximum atomic E-state index is 12.9. The number of rotatable bonds is 38. The van der Waals surface area contributed by atoms with Crippen LogP contribution in [-0.4, -0.2) is 79.8 Å². The van der Waals surface area contributed by atoms with E-state index in [1.165, 1.54) is 122 Å². The summed E-state index contributed by atoms with van der Waals surface area (Å²) in [6.07, 6.45) is 28.6. The summed E-state index contributed by atoms with van der Waals surface area (Å²) in [5, 5.41) is 24.5. The number of likely N-dealkylation sites (N-methyl/N-ethyl adjacent to an activating group) is 1. The van der Waals surface area contributed by atoms with E-state index in [-0.39, 0.29) is 18.9 Å². The van der Waals surface area contributed by atoms with Crippen LogP contribution in [-0.2, 0) is 18.4 Å². The van der Waals surface area contributed by atoms with Gasteiger partial charge in [-0.1, -0.05) is 175 Å². The second kappa shape index (κ2) is 32.9. The van der Waals surface area contributed by atoms with E-state index in [9.17, 15) is 24.5 Å². The first-order valence-corrected chi connectivity index (χ1v) is 22.8. The van der Waals surface area contributed by atoms with Gasteiger partial charge in [-0.15, -0.1) is 0 Å². The van der Waals surface area contributed by atoms with Crippen molar-refractivity contribution < 1.29 is 38.0 Å². The van der Waals surface area contributed by atoms with Crippen molar-refractivity contribution in [2.75, 3.05) is 40.9 Å². The fourth-order valence-electron chi connectivity index (χ4n) is 6.38. The first kappa shape index (κ1) is 50.5. The summed E-state index contributed by atoms with van der Waals surface area (Å²) < 4.78 is 23.1. The third-order valence-corrected chi connectivity index (χ3v) is 10.8. The molecule has 0 saturated carbocycles. The molecular weight excluding hydrogens is 663 g/mol. The van der Waals surface area contributed by atoms with Crippen molar-refractivity contribution in [2.45, 2.75) is 212 Å². The van der Waals surface area contributed by atoms with Gasteiger partial charge < -0.3 is 34.0 Å². The molecule has 0 radical (unpaired) electrons. The second-order valence-corrected chi connectivity index (χ2v) is 18.1. The van der Waals surface area contributed by atoms with Gasteiger partial charge in [-0.3, -0.25) is 9.36 Å². The lowest BCUT2D eigenvalue weighted by Crippen LogP contribution is -2.51. The molecule has 0 aromatic rings. The highest BCUT2D eigenvalue weighted by molar-refractivity contribution is 7.45. The zero-order chi connectivity index (χ0) is 38.2. The number of nitrogens with one attached hydrogen (secondary N) is 1. The predicted molar refractivity (Wildman–Crippen MR) is 212 cm³/mol. The minimum Gasteiger partial charge on any atom is -0.756 e. The number of carbonyl (C=O) groups is 1. The lowest BCUT2D eigenvalue weighted by atomic mass is 9.99. The molecule has 0 heterocycles. The van der Waals surface area contributed by atoms with E-state index in [0.717, 1.165) is 44.4 Å². The summed E-state index contributed by atoms with van der Waals surface area (Å²) in [5.74, 6) is 0.492. The zero-order valence-electron chi connectivity index (χ0n) is 34.4. The molecule has 0 bridgehead atoms. The van der Waals surface area contributed by atoms with E-state index in [1.807, 2.05) is 21.1 Å². The normalized spacial score (nSPS) is 15.2. The molecular formula is C41H85N2O7P. The quantitative estimate of drug-likeness (QED) is 0.0326. The van der Waals surface area contributed by atoms with Crippen molar-refractivity contribution in [3.8, 4) is 0 Å². The fourth-order valence-corrected chi connectivity index (χ4v) is 7.10. The van der Waals surface area contributed by atoms with E-state index in [1.54, 1.807) is 0 Å². The fraction of sp³-hybridized carbons (Fsp3) is 0.976. The zero-order valence-corrected chi connectivity index (χ0v) is 35.2. The molecule has 10 heteroatoms. The predicted octanol–water partition coefficient (Wildman–Crippen LogP) is 9.61. The summed E-state index contributed by atoms with van der Waals surface area (Å²) in [5.41, 5.74) is 0. The van der Waals surface area contributed by atoms with Gasteiger partial charge in [-0.25, -0.2) is 0 Å². The lowest BCUT2D eigenvalue weighted by Gasteiger charge is -2.31. The third kappa shape index (κ3) is 34.9. The van der Waals surface area contributed by atoms with Crippen LogP contribution < -0.4 is 10.2 Å². The molecule has 9 nitrogen and oxygen atoms in total. The average Bonchev–Trinajstić information content (AvgIpc) is 3.06. The highest BCUT2D eigenvalue weighted by Gasteiger charge is 2.29. The topological polar surface area (TPSA) is 128 Å². The van der Waals surface area contributed by atoms with Gasteiger partial charge in [-0.05, 0) is 18.8 Å². The number of hydrogen-bond acceptors (Lipinski definition) is 7. The Bertz CT molecular complexity index is 839. The van der Waals surface area contributed by atoms with Crippen molar-refractivity contribution in [2.24, 2.45) is 5.92 Å². The number of unbranched alkanes of at least 4 members (excludes halogenated alkanes) is 22. The molecule has 0 fully saturated rings. The van der Waals surface area contributed by atoms with E-state index in [0.29, 0.717) is 17.4 Å². The average molecular weight is 749 g/mol. The Morgan fingerprint density at radius 3 is 1.51 bits per heavy atom. The smallest absolute Gasteiger partial charge is 0.268 e. The largest absolute Gasteiger partial charge is 0.756 e. The van der Waals surface area contributed by atoms with Crippen LogP contribution in [0.1, 0.15) is 194 Å². The third-order valence-electron chi connectivity index (χ3n) is 9.87. The van der Waals surface area contributed by atoms with Crippen molar-refractivity contribution >= 4 is 13.7 Å². The van der Waals surface area contributed by atoms with Gasteiger partial charge in [0.2, 0.25) is 5.91 Å². The first-order chi connectivity index (χ1) is 24.3. The number of phosphoric acid groups is 1. The Kier molecular flexibility index (Phi) is 32.5. The molecule has 1 unspecified atom stereocenters. The molecule has 0 rings (SSSR count). The summed E-state index contributed by atoms with van der Waals surface area (Å²) in [6.45, 7) is 6.73. The molecule has 0 aliphatic carbocycles. The molecule has 0 aliphatic heterocycles. The van der Waals surface area contributed by atoms with E-state index < -0.39 is 32.7 Å². The van der Waals surface area contributed by atoms with Gasteiger partial charge in [0.25, 0.3) is 7.82 Å². The van der Waals surface area contributed by atoms with Gasteiger partial charge >= 0.3 is 0 Å². The molecule has 0 aliphatic rings. The van der Waals surface area contributed by atoms with Gasteiger partial charge in [0.05, 0.1) is 39.9 Å². The number of amides is 1. The summed E-state index contributed by atoms with van der Waals surface area (Å²) in [6, 6.07) is -1.07. The molecule has 0 aromatic heterocycles. The number of nitrogens with zero attached hydrogens (tertiary/aromatic N) is 1. The molecule has 0 spiro atoms. The number of carbonyl (C=O) groups excluding carboxylic acids is 1. The van der Waals surface area contributed by atoms with Gasteiger partial charge in [-0.2, -0.15) is 0 Å². The lowest BCUT2D eigenvalue weighted by molar-refractivity contribution is -0.870. The van der Waals surface area contributed by atoms with E-state index in [2.05, 4.69) is 26.1 Å². The minimum atomic E-state index is -4.65. The van der Waals surface area contributed by atoms with Crippen molar-refractivity contribution in [3.63, 3.8) is 0 Å². The molecule has 0 saturated heterocycles. The maximum absolute atomic E-state index is 12.9. The van der Waals surface area contributed by atoms with Crippen LogP contribution >= 0.6 is 7.82 Å². The van der Waals surface area contributed by atoms with Gasteiger partial charge in [0.15, 0.2) is 0 Å². The number of quaternary nitrogens is 1. The maximum Gasteiger partial charge on any atom is 0.268 e. The van der Waals surface area contributed by atoms with Crippen LogP contribution in [0.2, 0.25) is 0 Å². The highest BCUT2D eigenvalue weighted by atomic mass is 31.2. The SMILES string of the molecule is CCCCCCCCCCCCCCCCCCC(=O)N[C@@H](COP(=O)([O-])OCC[N+](C)(C)C)[C@H](O)[C@H](O)CCCCCCCCCCC(C)C. The van der Waals surface area contributed by atoms with Crippen molar-refractivity contribution in [1.82, 2.24) is 5.32 Å². The Morgan fingerprint density at radius 1 is 0.667 bits per heavy atom. The molecule has 0 aromatic carbocycles. The molecule has 306 valence electrons. The Hall–Kier alpha value is -0.540. The van der Waals surface area contributed by atoms with Crippen LogP contribution in [0, 0.1) is 5.92 Å². The number of aliphatic hydroxyl groups excluding tert-OH is 2. The van der Waals surface area contributed by atoms with E-state index >= 15 is 0 Å². The summed E-state index contributed by atoms with van der Waals surface area (Å²) >= 11 is 0. The number of hydrogen-bond donors (Lipinski definition) is 3. The van der Waals surface area contributed by atoms with Gasteiger partial charge in [0.1, 0.15) is 19.3 Å². The van der Waals surface area contributed by atoms with Gasteiger partial charge in [0, 0.05) is 6.42 Å². The molecule has 51 heavy (non-hydrogen) atoms. The Morgan fingerprint density at radius 2 is 1.08 bits per heavy atom. The minimum absolute atomic E-state index is 0.0380. The standard InChI is InChI=1S/C41H85N2O7P/c1-7-8-9-10-11-12-13-14-15-16-17-18-19-24-27-30-33-40(45)42-38(36-50-51(47,48)49-35-34-43(4,5)6)41(46)39(44)32-29-26-23-21-20-22-25-28-31-37(2)3/h37-39,41,44,46H,7-36H2,1-6H3,(H-,42,45,47,48)/t38-,39+,41-/m0/s1. The molecule has 4 atom stereocenters. The van der Waals surface area contributed by atoms with Crippen LogP contribution in [0.25, 0.3) is 0 Å². The number of aliphatic hydroxyl groups is 2. The molecule has 1 amide bonds. The summed E-state index contributed by atoms with van der Waals surface area (Å²) in [4.78, 5) is 25.3. The molecule has 3 N–H and O–H groups in total. The van der Waals surface area contributed by atoms with Crippen LogP contribution in [0.4, 0.5) is 0 Å². The van der Waals surface area contributed by atoms with E-state index in [4.69, 9.17) is 9.05 Å². The second-order valence-electron chi connectivity index (χ2n) is 16.7. The van der Waals surface area contributed by atoms with Crippen LogP contribution in [0.5, 0.6) is 0 Å². The van der Waals surface area contributed by atoms with Crippen molar-refractivity contribution in [1.29, 1.82) is 0 Å². The first-order valence-electron chi connectivity index (χ1n) is 21.3. The summed E-state index contributed by atoms with van der Waals surface area (Å²) in [7, 11) is 1.13. The number of phosphoric ester groups is 1. The Balaban J connectivity index is 4.49.